The number of anilines is 1. The van der Waals surface area contributed by atoms with Crippen molar-refractivity contribution in [1.82, 2.24) is 4.98 Å². The van der Waals surface area contributed by atoms with Gasteiger partial charge in [0.2, 0.25) is 5.91 Å². The first-order chi connectivity index (χ1) is 5.93. The predicted molar refractivity (Wildman–Crippen MR) is 55.0 cm³/mol. The Morgan fingerprint density at radius 3 is 2.54 bits per heavy atom. The van der Waals surface area contributed by atoms with Crippen LogP contribution in [0.4, 0.5) is 5.13 Å². The lowest BCUT2D eigenvalue weighted by molar-refractivity contribution is -0.125. The van der Waals surface area contributed by atoms with E-state index in [1.807, 2.05) is 26.2 Å². The van der Waals surface area contributed by atoms with Gasteiger partial charge in [-0.25, -0.2) is 4.98 Å². The van der Waals surface area contributed by atoms with E-state index in [0.717, 1.165) is 5.13 Å². The maximum atomic E-state index is 11.8. The summed E-state index contributed by atoms with van der Waals surface area (Å²) < 4.78 is 0. The van der Waals surface area contributed by atoms with Crippen molar-refractivity contribution in [2.45, 2.75) is 20.8 Å². The fourth-order valence-corrected chi connectivity index (χ4v) is 1.58. The molecule has 1 amide bonds. The second-order valence-electron chi connectivity index (χ2n) is 3.93. The number of amides is 1. The molecule has 1 aromatic rings. The van der Waals surface area contributed by atoms with Crippen molar-refractivity contribution in [3.05, 3.63) is 11.6 Å². The zero-order valence-electron chi connectivity index (χ0n) is 8.37. The highest BCUT2D eigenvalue weighted by Gasteiger charge is 2.26. The minimum atomic E-state index is -0.347. The summed E-state index contributed by atoms with van der Waals surface area (Å²) in [6.07, 6.45) is 1.70. The quantitative estimate of drug-likeness (QED) is 0.692. The minimum absolute atomic E-state index is 0.0856. The summed E-state index contributed by atoms with van der Waals surface area (Å²) >= 11 is 1.47. The molecule has 0 saturated carbocycles. The number of thiazole rings is 1. The molecular weight excluding hydrogens is 184 g/mol. The van der Waals surface area contributed by atoms with Crippen molar-refractivity contribution in [2.24, 2.45) is 5.41 Å². The highest BCUT2D eigenvalue weighted by atomic mass is 32.1. The van der Waals surface area contributed by atoms with Crippen LogP contribution in [0, 0.1) is 5.41 Å². The van der Waals surface area contributed by atoms with Crippen LogP contribution in [0.3, 0.4) is 0 Å². The zero-order valence-corrected chi connectivity index (χ0v) is 9.18. The van der Waals surface area contributed by atoms with Gasteiger partial charge in [-0.1, -0.05) is 20.8 Å². The fraction of sp³-hybridized carbons (Fsp3) is 0.556. The van der Waals surface area contributed by atoms with E-state index < -0.39 is 0 Å². The van der Waals surface area contributed by atoms with Gasteiger partial charge >= 0.3 is 0 Å². The van der Waals surface area contributed by atoms with Crippen LogP contribution in [-0.2, 0) is 4.79 Å². The Kier molecular flexibility index (Phi) is 2.71. The van der Waals surface area contributed by atoms with Crippen molar-refractivity contribution in [3.8, 4) is 0 Å². The maximum absolute atomic E-state index is 11.8. The molecule has 0 aromatic carbocycles. The first-order valence-corrected chi connectivity index (χ1v) is 4.98. The first kappa shape index (κ1) is 10.2. The summed E-state index contributed by atoms with van der Waals surface area (Å²) in [5, 5.41) is 2.61. The summed E-state index contributed by atoms with van der Waals surface area (Å²) in [6.45, 7) is 5.71. The summed E-state index contributed by atoms with van der Waals surface area (Å²) in [7, 11) is 1.76. The van der Waals surface area contributed by atoms with Crippen LogP contribution in [0.2, 0.25) is 0 Å². The van der Waals surface area contributed by atoms with Gasteiger partial charge in [0.05, 0.1) is 0 Å². The molecule has 0 fully saturated rings. The Balaban J connectivity index is 2.81. The second-order valence-corrected chi connectivity index (χ2v) is 4.80. The minimum Gasteiger partial charge on any atom is -0.291 e. The van der Waals surface area contributed by atoms with Crippen molar-refractivity contribution in [2.75, 3.05) is 11.9 Å². The summed E-state index contributed by atoms with van der Waals surface area (Å²) in [5.74, 6) is 0.0856. The van der Waals surface area contributed by atoms with E-state index >= 15 is 0 Å². The number of carbonyl (C=O) groups excluding carboxylic acids is 1. The molecule has 0 radical (unpaired) electrons. The van der Waals surface area contributed by atoms with Gasteiger partial charge in [-0.05, 0) is 0 Å². The molecule has 1 heterocycles. The van der Waals surface area contributed by atoms with Gasteiger partial charge in [-0.15, -0.1) is 11.3 Å². The van der Waals surface area contributed by atoms with Gasteiger partial charge in [0.15, 0.2) is 5.13 Å². The highest BCUT2D eigenvalue weighted by Crippen LogP contribution is 2.23. The smallest absolute Gasteiger partial charge is 0.233 e. The average Bonchev–Trinajstić information content (AvgIpc) is 2.51. The second kappa shape index (κ2) is 3.46. The average molecular weight is 198 g/mol. The van der Waals surface area contributed by atoms with E-state index in [1.54, 1.807) is 18.1 Å². The molecule has 0 bridgehead atoms. The molecular formula is C9H14N2OS. The number of rotatable bonds is 1. The van der Waals surface area contributed by atoms with E-state index in [1.165, 1.54) is 11.3 Å². The molecule has 0 N–H and O–H groups in total. The maximum Gasteiger partial charge on any atom is 0.233 e. The first-order valence-electron chi connectivity index (χ1n) is 4.10. The summed E-state index contributed by atoms with van der Waals surface area (Å²) in [6, 6.07) is 0. The van der Waals surface area contributed by atoms with E-state index in [9.17, 15) is 4.79 Å². The Bertz CT molecular complexity index is 287. The standard InChI is InChI=1S/C9H14N2OS/c1-9(2,3)7(12)11(4)8-10-5-6-13-8/h5-6H,1-4H3. The molecule has 0 aliphatic heterocycles. The van der Waals surface area contributed by atoms with Crippen molar-refractivity contribution in [3.63, 3.8) is 0 Å². The van der Waals surface area contributed by atoms with Crippen molar-refractivity contribution in [1.29, 1.82) is 0 Å². The number of nitrogens with zero attached hydrogens (tertiary/aromatic N) is 2. The van der Waals surface area contributed by atoms with Crippen LogP contribution >= 0.6 is 11.3 Å². The van der Waals surface area contributed by atoms with E-state index in [4.69, 9.17) is 0 Å². The van der Waals surface area contributed by atoms with Gasteiger partial charge in [-0.2, -0.15) is 0 Å². The Hall–Kier alpha value is -0.900. The third kappa shape index (κ3) is 2.28. The van der Waals surface area contributed by atoms with Crippen LogP contribution < -0.4 is 4.90 Å². The SMILES string of the molecule is CN(C(=O)C(C)(C)C)c1nccs1. The van der Waals surface area contributed by atoms with E-state index in [-0.39, 0.29) is 11.3 Å². The van der Waals surface area contributed by atoms with Gasteiger partial charge in [0.1, 0.15) is 0 Å². The topological polar surface area (TPSA) is 33.2 Å². The molecule has 0 aliphatic carbocycles. The molecule has 4 heteroatoms. The molecule has 3 nitrogen and oxygen atoms in total. The summed E-state index contributed by atoms with van der Waals surface area (Å²) in [5.41, 5.74) is -0.347. The van der Waals surface area contributed by atoms with Gasteiger partial charge in [0.25, 0.3) is 0 Å². The third-order valence-corrected chi connectivity index (χ3v) is 2.50. The van der Waals surface area contributed by atoms with Crippen LogP contribution in [0.5, 0.6) is 0 Å². The van der Waals surface area contributed by atoms with Gasteiger partial charge in [-0.3, -0.25) is 9.69 Å². The molecule has 1 rings (SSSR count). The number of aromatic nitrogens is 1. The largest absolute Gasteiger partial charge is 0.291 e. The highest BCUT2D eigenvalue weighted by molar-refractivity contribution is 7.13. The number of carbonyl (C=O) groups is 1. The lowest BCUT2D eigenvalue weighted by atomic mass is 9.95. The molecule has 1 aromatic heterocycles. The molecule has 0 saturated heterocycles. The van der Waals surface area contributed by atoms with E-state index in [0.29, 0.717) is 0 Å². The van der Waals surface area contributed by atoms with Crippen LogP contribution in [0.1, 0.15) is 20.8 Å². The third-order valence-electron chi connectivity index (χ3n) is 1.65. The Morgan fingerprint density at radius 1 is 1.54 bits per heavy atom. The van der Waals surface area contributed by atoms with Crippen LogP contribution in [0.15, 0.2) is 11.6 Å². The zero-order chi connectivity index (χ0) is 10.1. The van der Waals surface area contributed by atoms with Crippen LogP contribution in [-0.4, -0.2) is 17.9 Å². The van der Waals surface area contributed by atoms with Crippen LogP contribution in [0.25, 0.3) is 0 Å². The van der Waals surface area contributed by atoms with Gasteiger partial charge < -0.3 is 0 Å². The Morgan fingerprint density at radius 2 is 2.15 bits per heavy atom. The lowest BCUT2D eigenvalue weighted by Crippen LogP contribution is -2.36. The normalized spacial score (nSPS) is 11.4. The molecule has 0 spiro atoms. The molecule has 0 unspecified atom stereocenters. The molecule has 13 heavy (non-hydrogen) atoms. The van der Waals surface area contributed by atoms with Crippen molar-refractivity contribution >= 4 is 22.4 Å². The number of hydrogen-bond donors (Lipinski definition) is 0. The summed E-state index contributed by atoms with van der Waals surface area (Å²) in [4.78, 5) is 17.4. The Labute approximate surface area is 82.4 Å². The number of hydrogen-bond acceptors (Lipinski definition) is 3. The lowest BCUT2D eigenvalue weighted by Gasteiger charge is -2.23. The molecule has 0 aliphatic rings. The van der Waals surface area contributed by atoms with Gasteiger partial charge in [0, 0.05) is 24.0 Å². The fourth-order valence-electron chi connectivity index (χ4n) is 0.972. The molecule has 72 valence electrons. The van der Waals surface area contributed by atoms with Crippen molar-refractivity contribution < 1.29 is 4.79 Å². The predicted octanol–water partition coefficient (Wildman–Crippen LogP) is 2.15. The molecule has 0 atom stereocenters. The van der Waals surface area contributed by atoms with E-state index in [2.05, 4.69) is 4.98 Å². The monoisotopic (exact) mass is 198 g/mol.